The first-order chi connectivity index (χ1) is 16.7. The summed E-state index contributed by atoms with van der Waals surface area (Å²) in [4.78, 5) is 15.9. The molecule has 1 aliphatic heterocycles. The van der Waals surface area contributed by atoms with Gasteiger partial charge in [-0.3, -0.25) is 9.36 Å². The zero-order valence-electron chi connectivity index (χ0n) is 18.8. The molecule has 4 heterocycles. The number of nitrogens with zero attached hydrogens (tertiary/aromatic N) is 3. The number of rotatable bonds is 4. The normalized spacial score (nSPS) is 15.4. The lowest BCUT2D eigenvalue weighted by Gasteiger charge is -2.12. The van der Waals surface area contributed by atoms with Gasteiger partial charge < -0.3 is 21.7 Å². The Morgan fingerprint density at radius 1 is 1.19 bits per heavy atom. The van der Waals surface area contributed by atoms with Crippen molar-refractivity contribution in [2.75, 3.05) is 11.9 Å². The van der Waals surface area contributed by atoms with Crippen molar-refractivity contribution in [3.63, 3.8) is 0 Å². The molecule has 0 unspecified atom stereocenters. The van der Waals surface area contributed by atoms with Gasteiger partial charge >= 0.3 is 6.18 Å². The Morgan fingerprint density at radius 2 is 1.97 bits per heavy atom. The molecule has 4 aromatic rings. The van der Waals surface area contributed by atoms with Crippen molar-refractivity contribution in [1.29, 1.82) is 0 Å². The van der Waals surface area contributed by atoms with Gasteiger partial charge in [0.05, 0.1) is 17.1 Å². The van der Waals surface area contributed by atoms with Crippen LogP contribution in [-0.4, -0.2) is 11.6 Å². The number of aromatic nitrogens is 2. The summed E-state index contributed by atoms with van der Waals surface area (Å²) in [7, 11) is 1.84. The Hall–Kier alpha value is -2.54. The van der Waals surface area contributed by atoms with Gasteiger partial charge in [-0.25, -0.2) is 4.39 Å². The van der Waals surface area contributed by atoms with E-state index < -0.39 is 11.9 Å². The summed E-state index contributed by atoms with van der Waals surface area (Å²) in [6, 6.07) is 6.77. The van der Waals surface area contributed by atoms with Gasteiger partial charge in [-0.2, -0.15) is 17.7 Å². The lowest BCUT2D eigenvalue weighted by Crippen LogP contribution is -3.00. The summed E-state index contributed by atoms with van der Waals surface area (Å²) in [6.07, 6.45) is -0.925. The highest BCUT2D eigenvalue weighted by molar-refractivity contribution is 8.08. The summed E-state index contributed by atoms with van der Waals surface area (Å²) in [5.74, 6) is -1.19. The number of hydrogen-bond acceptors (Lipinski definition) is 6. The summed E-state index contributed by atoms with van der Waals surface area (Å²) >= 11 is 4.09. The third kappa shape index (κ3) is 4.86. The first-order valence-electron chi connectivity index (χ1n) is 10.5. The van der Waals surface area contributed by atoms with Crippen molar-refractivity contribution >= 4 is 51.2 Å². The van der Waals surface area contributed by atoms with E-state index in [1.165, 1.54) is 52.6 Å². The Bertz CT molecular complexity index is 1600. The molecule has 0 saturated heterocycles. The molecular formula is C23H18ClF4N3O2S3. The second-order valence-electron chi connectivity index (χ2n) is 7.67. The van der Waals surface area contributed by atoms with Crippen molar-refractivity contribution in [1.82, 2.24) is 4.57 Å². The molecule has 0 radical (unpaired) electrons. The Balaban J connectivity index is 0.00000304. The number of benzene rings is 1. The molecule has 3 aromatic heterocycles. The van der Waals surface area contributed by atoms with Crippen LogP contribution >= 0.6 is 34.4 Å². The molecule has 1 aliphatic rings. The van der Waals surface area contributed by atoms with Crippen LogP contribution in [0.5, 0.6) is 0 Å². The number of thiazole rings is 2. The minimum atomic E-state index is -4.54. The zero-order chi connectivity index (χ0) is 24.9. The Labute approximate surface area is 221 Å². The van der Waals surface area contributed by atoms with E-state index in [-0.39, 0.29) is 36.1 Å². The fourth-order valence-corrected chi connectivity index (χ4v) is 7.09. The number of furan rings is 1. The van der Waals surface area contributed by atoms with Crippen molar-refractivity contribution in [3.05, 3.63) is 83.8 Å². The molecule has 0 N–H and O–H groups in total. The maximum absolute atomic E-state index is 13.7. The predicted octanol–water partition coefficient (Wildman–Crippen LogP) is 1.22. The quantitative estimate of drug-likeness (QED) is 0.271. The maximum Gasteiger partial charge on any atom is 0.449 e. The minimum absolute atomic E-state index is 0. The highest BCUT2D eigenvalue weighted by Crippen LogP contribution is 2.45. The van der Waals surface area contributed by atoms with E-state index in [0.29, 0.717) is 15.7 Å². The van der Waals surface area contributed by atoms with Gasteiger partial charge in [0.2, 0.25) is 12.3 Å². The summed E-state index contributed by atoms with van der Waals surface area (Å²) in [5.41, 5.74) is 0.691. The molecule has 0 bridgehead atoms. The van der Waals surface area contributed by atoms with Crippen LogP contribution in [0.4, 0.5) is 23.2 Å². The lowest BCUT2D eigenvalue weighted by atomic mass is 10.3. The summed E-state index contributed by atoms with van der Waals surface area (Å²) < 4.78 is 62.0. The van der Waals surface area contributed by atoms with Crippen LogP contribution in [0.25, 0.3) is 11.1 Å². The van der Waals surface area contributed by atoms with Gasteiger partial charge in [-0.05, 0) is 37.3 Å². The van der Waals surface area contributed by atoms with Crippen molar-refractivity contribution in [2.24, 2.45) is 0 Å². The topological polar surface area (TPSA) is 42.3 Å². The van der Waals surface area contributed by atoms with E-state index >= 15 is 0 Å². The van der Waals surface area contributed by atoms with Crippen LogP contribution in [0.3, 0.4) is 0 Å². The van der Waals surface area contributed by atoms with Gasteiger partial charge in [0, 0.05) is 18.5 Å². The second-order valence-corrected chi connectivity index (χ2v) is 10.7. The summed E-state index contributed by atoms with van der Waals surface area (Å²) in [5, 5.41) is 3.31. The SMILES string of the molecule is CCn1c(=O)/c(=C2\Sc3cc(F)ccc3N2C)s/c1=C\c1scc[n+]1Cc1ccc(C(F)(F)F)o1.[Cl-]. The summed E-state index contributed by atoms with van der Waals surface area (Å²) in [6.45, 7) is 2.44. The van der Waals surface area contributed by atoms with Crippen LogP contribution in [0.2, 0.25) is 0 Å². The molecule has 0 spiro atoms. The van der Waals surface area contributed by atoms with Crippen LogP contribution < -0.4 is 36.6 Å². The average Bonchev–Trinajstić information content (AvgIpc) is 3.56. The van der Waals surface area contributed by atoms with Crippen LogP contribution in [-0.2, 0) is 19.3 Å². The highest BCUT2D eigenvalue weighted by atomic mass is 35.5. The van der Waals surface area contributed by atoms with E-state index in [0.717, 1.165) is 26.7 Å². The number of thioether (sulfide) groups is 1. The van der Waals surface area contributed by atoms with Crippen molar-refractivity contribution in [3.8, 4) is 0 Å². The molecule has 0 fully saturated rings. The standard InChI is InChI=1S/C23H18F4N3O2S3.ClH/c1-3-30-19(11-18-29(8-9-33-18)12-14-5-7-17(32-14)23(25,26)27)35-20(21(30)31)22-28(2)15-6-4-13(24)10-16(15)34-22;/h4-11H,3,12H2,1-2H3;1H/q+1;/p-1/b22-20+;. The van der Waals surface area contributed by atoms with E-state index in [1.54, 1.807) is 21.4 Å². The van der Waals surface area contributed by atoms with Crippen molar-refractivity contribution < 1.29 is 39.0 Å². The smallest absolute Gasteiger partial charge is 0.449 e. The fraction of sp³-hybridized carbons (Fsp3) is 0.217. The predicted molar refractivity (Wildman–Crippen MR) is 128 cm³/mol. The molecule has 13 heteroatoms. The second kappa shape index (κ2) is 10.1. The minimum Gasteiger partial charge on any atom is -1.00 e. The number of fused-ring (bicyclic) bond motifs is 1. The lowest BCUT2D eigenvalue weighted by molar-refractivity contribution is -0.686. The van der Waals surface area contributed by atoms with Crippen LogP contribution in [0.1, 0.15) is 23.5 Å². The molecule has 0 aliphatic carbocycles. The van der Waals surface area contributed by atoms with Gasteiger partial charge in [0.25, 0.3) is 10.6 Å². The number of hydrogen-bond donors (Lipinski definition) is 0. The van der Waals surface area contributed by atoms with Gasteiger partial charge in [0.1, 0.15) is 20.0 Å². The molecule has 5 nitrogen and oxygen atoms in total. The zero-order valence-corrected chi connectivity index (χ0v) is 22.0. The van der Waals surface area contributed by atoms with Crippen LogP contribution in [0, 0.1) is 5.82 Å². The first kappa shape index (κ1) is 26.5. The number of anilines is 1. The fourth-order valence-electron chi connectivity index (χ4n) is 3.75. The Kier molecular flexibility index (Phi) is 7.42. The molecule has 36 heavy (non-hydrogen) atoms. The largest absolute Gasteiger partial charge is 1.00 e. The van der Waals surface area contributed by atoms with Gasteiger partial charge in [0.15, 0.2) is 12.0 Å². The van der Waals surface area contributed by atoms with E-state index in [4.69, 9.17) is 4.42 Å². The van der Waals surface area contributed by atoms with E-state index in [2.05, 4.69) is 0 Å². The Morgan fingerprint density at radius 3 is 2.67 bits per heavy atom. The first-order valence-corrected chi connectivity index (χ1v) is 13.0. The maximum atomic E-state index is 13.7. The number of halogens is 5. The molecule has 0 atom stereocenters. The van der Waals surface area contributed by atoms with E-state index in [9.17, 15) is 22.4 Å². The average molecular weight is 576 g/mol. The molecular weight excluding hydrogens is 558 g/mol. The van der Waals surface area contributed by atoms with E-state index in [1.807, 2.05) is 30.3 Å². The molecule has 0 amide bonds. The number of alkyl halides is 3. The third-order valence-corrected chi connectivity index (χ3v) is 8.76. The third-order valence-electron chi connectivity index (χ3n) is 5.44. The highest BCUT2D eigenvalue weighted by Gasteiger charge is 2.35. The molecule has 0 saturated carbocycles. The van der Waals surface area contributed by atoms with Crippen LogP contribution in [0.15, 0.2) is 56.0 Å². The molecule has 5 rings (SSSR count). The molecule has 190 valence electrons. The monoisotopic (exact) mass is 575 g/mol. The molecule has 1 aromatic carbocycles. The van der Waals surface area contributed by atoms with Gasteiger partial charge in [-0.1, -0.05) is 23.1 Å². The van der Waals surface area contributed by atoms with Gasteiger partial charge in [-0.15, -0.1) is 11.3 Å². The van der Waals surface area contributed by atoms with Crippen molar-refractivity contribution in [2.45, 2.75) is 31.1 Å².